The molecule has 4 heteroatoms. The zero-order valence-corrected chi connectivity index (χ0v) is 10.8. The quantitative estimate of drug-likeness (QED) is 0.627. The summed E-state index contributed by atoms with van der Waals surface area (Å²) in [7, 11) is 0. The van der Waals surface area contributed by atoms with E-state index in [1.165, 1.54) is 12.8 Å². The molecule has 0 spiro atoms. The number of halogens is 1. The third kappa shape index (κ3) is 2.72. The summed E-state index contributed by atoms with van der Waals surface area (Å²) in [4.78, 5) is 2.34. The van der Waals surface area contributed by atoms with Gasteiger partial charge in [0.05, 0.1) is 5.02 Å². The number of nitrogens with two attached hydrogens (primary N) is 1. The van der Waals surface area contributed by atoms with Crippen LogP contribution >= 0.6 is 11.6 Å². The number of hydrogen-bond acceptors (Lipinski definition) is 2. The van der Waals surface area contributed by atoms with Gasteiger partial charge in [-0.15, -0.1) is 0 Å². The van der Waals surface area contributed by atoms with Crippen LogP contribution in [0.15, 0.2) is 18.2 Å². The molecule has 1 aliphatic rings. The van der Waals surface area contributed by atoms with Crippen LogP contribution in [-0.4, -0.2) is 18.9 Å². The van der Waals surface area contributed by atoms with E-state index >= 15 is 0 Å². The molecule has 0 bridgehead atoms. The first-order valence-electron chi connectivity index (χ1n) is 5.97. The summed E-state index contributed by atoms with van der Waals surface area (Å²) in [6.07, 6.45) is 2.46. The molecule has 0 radical (unpaired) electrons. The van der Waals surface area contributed by atoms with Gasteiger partial charge in [0.25, 0.3) is 0 Å². The van der Waals surface area contributed by atoms with Gasteiger partial charge < -0.3 is 10.6 Å². The number of nitrogens with one attached hydrogen (secondary N) is 1. The smallest absolute Gasteiger partial charge is 0.124 e. The molecule has 1 fully saturated rings. The van der Waals surface area contributed by atoms with Gasteiger partial charge in [0.15, 0.2) is 0 Å². The molecule has 3 N–H and O–H groups in total. The number of benzene rings is 1. The summed E-state index contributed by atoms with van der Waals surface area (Å²) in [5.41, 5.74) is 7.19. The Bertz CT molecular complexity index is 423. The molecule has 0 aromatic heterocycles. The summed E-state index contributed by atoms with van der Waals surface area (Å²) < 4.78 is 0. The molecule has 0 aliphatic carbocycles. The Balaban J connectivity index is 2.17. The third-order valence-electron chi connectivity index (χ3n) is 3.39. The average molecular weight is 252 g/mol. The zero-order valence-electron chi connectivity index (χ0n) is 10.0. The van der Waals surface area contributed by atoms with E-state index in [0.717, 1.165) is 24.7 Å². The number of amidine groups is 1. The first-order valence-corrected chi connectivity index (χ1v) is 6.34. The van der Waals surface area contributed by atoms with E-state index in [-0.39, 0.29) is 5.84 Å². The Kier molecular flexibility index (Phi) is 3.57. The Labute approximate surface area is 107 Å². The molecule has 0 unspecified atom stereocenters. The highest BCUT2D eigenvalue weighted by Crippen LogP contribution is 2.27. The summed E-state index contributed by atoms with van der Waals surface area (Å²) >= 11 is 6.12. The maximum absolute atomic E-state index is 7.40. The first kappa shape index (κ1) is 12.2. The van der Waals surface area contributed by atoms with E-state index in [1.54, 1.807) is 0 Å². The predicted octanol–water partition coefficient (Wildman–Crippen LogP) is 2.86. The fourth-order valence-electron chi connectivity index (χ4n) is 2.19. The highest BCUT2D eigenvalue weighted by atomic mass is 35.5. The van der Waals surface area contributed by atoms with Crippen molar-refractivity contribution in [2.75, 3.05) is 18.0 Å². The van der Waals surface area contributed by atoms with Gasteiger partial charge in [-0.1, -0.05) is 18.5 Å². The topological polar surface area (TPSA) is 53.1 Å². The lowest BCUT2D eigenvalue weighted by Gasteiger charge is -2.32. The molecule has 17 heavy (non-hydrogen) atoms. The summed E-state index contributed by atoms with van der Waals surface area (Å²) in [6.45, 7) is 4.46. The Morgan fingerprint density at radius 1 is 1.41 bits per heavy atom. The van der Waals surface area contributed by atoms with Crippen LogP contribution in [0.3, 0.4) is 0 Å². The van der Waals surface area contributed by atoms with Gasteiger partial charge in [-0.3, -0.25) is 5.41 Å². The van der Waals surface area contributed by atoms with Crippen molar-refractivity contribution in [3.63, 3.8) is 0 Å². The second-order valence-corrected chi connectivity index (χ2v) is 5.15. The Morgan fingerprint density at radius 2 is 2.06 bits per heavy atom. The highest BCUT2D eigenvalue weighted by molar-refractivity contribution is 6.34. The molecular formula is C13H18ClN3. The van der Waals surface area contributed by atoms with Crippen LogP contribution in [0.2, 0.25) is 5.02 Å². The van der Waals surface area contributed by atoms with Gasteiger partial charge in [-0.2, -0.15) is 0 Å². The summed E-state index contributed by atoms with van der Waals surface area (Å²) in [5, 5.41) is 7.96. The van der Waals surface area contributed by atoms with Gasteiger partial charge in [0.1, 0.15) is 5.84 Å². The van der Waals surface area contributed by atoms with E-state index in [4.69, 9.17) is 22.7 Å². The van der Waals surface area contributed by atoms with E-state index in [1.807, 2.05) is 18.2 Å². The Hall–Kier alpha value is -1.22. The lowest BCUT2D eigenvalue weighted by molar-refractivity contribution is 0.438. The van der Waals surface area contributed by atoms with Crippen LogP contribution in [0, 0.1) is 11.3 Å². The molecule has 0 amide bonds. The molecule has 1 heterocycles. The minimum Gasteiger partial charge on any atom is -0.384 e. The van der Waals surface area contributed by atoms with Gasteiger partial charge in [-0.05, 0) is 37.0 Å². The number of hydrogen-bond donors (Lipinski definition) is 2. The van der Waals surface area contributed by atoms with Crippen LogP contribution in [-0.2, 0) is 0 Å². The van der Waals surface area contributed by atoms with Crippen molar-refractivity contribution in [3.8, 4) is 0 Å². The molecule has 2 rings (SSSR count). The highest BCUT2D eigenvalue weighted by Gasteiger charge is 2.16. The maximum atomic E-state index is 7.40. The second-order valence-electron chi connectivity index (χ2n) is 4.75. The maximum Gasteiger partial charge on any atom is 0.124 e. The minimum atomic E-state index is 0.0221. The van der Waals surface area contributed by atoms with Crippen LogP contribution in [0.5, 0.6) is 0 Å². The SMILES string of the molecule is CC1CCN(c2ccc(C(=N)N)c(Cl)c2)CC1. The fourth-order valence-corrected chi connectivity index (χ4v) is 2.46. The lowest BCUT2D eigenvalue weighted by atomic mass is 9.98. The lowest BCUT2D eigenvalue weighted by Crippen LogP contribution is -2.32. The van der Waals surface area contributed by atoms with Crippen molar-refractivity contribution >= 4 is 23.1 Å². The van der Waals surface area contributed by atoms with Crippen LogP contribution in [0.25, 0.3) is 0 Å². The Morgan fingerprint density at radius 3 is 2.59 bits per heavy atom. The number of piperidine rings is 1. The third-order valence-corrected chi connectivity index (χ3v) is 3.70. The molecule has 92 valence electrons. The zero-order chi connectivity index (χ0) is 12.4. The van der Waals surface area contributed by atoms with Crippen LogP contribution in [0.1, 0.15) is 25.3 Å². The van der Waals surface area contributed by atoms with Crippen molar-refractivity contribution in [3.05, 3.63) is 28.8 Å². The van der Waals surface area contributed by atoms with Crippen LogP contribution < -0.4 is 10.6 Å². The van der Waals surface area contributed by atoms with Gasteiger partial charge >= 0.3 is 0 Å². The van der Waals surface area contributed by atoms with Gasteiger partial charge in [0.2, 0.25) is 0 Å². The van der Waals surface area contributed by atoms with E-state index < -0.39 is 0 Å². The standard InChI is InChI=1S/C13H18ClN3/c1-9-4-6-17(7-5-9)10-2-3-11(13(15)16)12(14)8-10/h2-3,8-9H,4-7H2,1H3,(H3,15,16). The fraction of sp³-hybridized carbons (Fsp3) is 0.462. The van der Waals surface area contributed by atoms with Gasteiger partial charge in [-0.25, -0.2) is 0 Å². The van der Waals surface area contributed by atoms with Crippen LogP contribution in [0.4, 0.5) is 5.69 Å². The van der Waals surface area contributed by atoms with Gasteiger partial charge in [0, 0.05) is 24.3 Å². The molecule has 1 aliphatic heterocycles. The summed E-state index contributed by atoms with van der Waals surface area (Å²) in [5.74, 6) is 0.840. The van der Waals surface area contributed by atoms with E-state index in [9.17, 15) is 0 Å². The number of nitrogens with zero attached hydrogens (tertiary/aromatic N) is 1. The largest absolute Gasteiger partial charge is 0.384 e. The molecule has 1 aromatic carbocycles. The minimum absolute atomic E-state index is 0.0221. The molecule has 3 nitrogen and oxygen atoms in total. The number of anilines is 1. The second kappa shape index (κ2) is 4.96. The molecule has 0 saturated carbocycles. The van der Waals surface area contributed by atoms with E-state index in [2.05, 4.69) is 11.8 Å². The van der Waals surface area contributed by atoms with Crippen molar-refractivity contribution < 1.29 is 0 Å². The van der Waals surface area contributed by atoms with Crippen molar-refractivity contribution in [2.24, 2.45) is 11.7 Å². The van der Waals surface area contributed by atoms with Crippen molar-refractivity contribution in [2.45, 2.75) is 19.8 Å². The molecule has 1 aromatic rings. The predicted molar refractivity (Wildman–Crippen MR) is 73.1 cm³/mol. The average Bonchev–Trinajstić information content (AvgIpc) is 2.29. The molecular weight excluding hydrogens is 234 g/mol. The molecule has 1 saturated heterocycles. The molecule has 0 atom stereocenters. The summed E-state index contributed by atoms with van der Waals surface area (Å²) in [6, 6.07) is 5.74. The van der Waals surface area contributed by atoms with Crippen molar-refractivity contribution in [1.29, 1.82) is 5.41 Å². The number of rotatable bonds is 2. The first-order chi connectivity index (χ1) is 8.08. The monoisotopic (exact) mass is 251 g/mol. The number of nitrogen functional groups attached to an aromatic ring is 1. The van der Waals surface area contributed by atoms with Crippen molar-refractivity contribution in [1.82, 2.24) is 0 Å². The van der Waals surface area contributed by atoms with E-state index in [0.29, 0.717) is 10.6 Å². The normalized spacial score (nSPS) is 17.2.